The zero-order chi connectivity index (χ0) is 17.6. The van der Waals surface area contributed by atoms with Crippen molar-refractivity contribution in [1.82, 2.24) is 15.0 Å². The van der Waals surface area contributed by atoms with Crippen LogP contribution < -0.4 is 10.2 Å². The van der Waals surface area contributed by atoms with E-state index in [0.29, 0.717) is 17.5 Å². The van der Waals surface area contributed by atoms with Crippen molar-refractivity contribution >= 4 is 40.6 Å². The summed E-state index contributed by atoms with van der Waals surface area (Å²) in [6.45, 7) is 1.97. The monoisotopic (exact) mass is 353 g/mol. The fraction of sp³-hybridized carbons (Fsp3) is 0.111. The Morgan fingerprint density at radius 2 is 1.84 bits per heavy atom. The highest BCUT2D eigenvalue weighted by molar-refractivity contribution is 6.29. The van der Waals surface area contributed by atoms with E-state index in [4.69, 9.17) is 11.6 Å². The van der Waals surface area contributed by atoms with Crippen molar-refractivity contribution in [2.24, 2.45) is 0 Å². The maximum Gasteiger partial charge on any atom is 0.239 e. The quantitative estimate of drug-likeness (QED) is 0.706. The first kappa shape index (κ1) is 16.9. The second-order valence-corrected chi connectivity index (χ2v) is 5.52. The van der Waals surface area contributed by atoms with E-state index in [-0.39, 0.29) is 11.8 Å². The smallest absolute Gasteiger partial charge is 0.239 e. The largest absolute Gasteiger partial charge is 0.325 e. The van der Waals surface area contributed by atoms with Crippen molar-refractivity contribution in [3.8, 4) is 0 Å². The number of anilines is 4. The van der Waals surface area contributed by atoms with Crippen molar-refractivity contribution in [1.29, 1.82) is 0 Å². The molecule has 3 rings (SSSR count). The minimum Gasteiger partial charge on any atom is -0.325 e. The minimum absolute atomic E-state index is 0.102. The third kappa shape index (κ3) is 3.92. The number of halogens is 1. The van der Waals surface area contributed by atoms with Gasteiger partial charge >= 0.3 is 0 Å². The highest BCUT2D eigenvalue weighted by Crippen LogP contribution is 2.34. The summed E-state index contributed by atoms with van der Waals surface area (Å²) in [6.07, 6.45) is 5.05. The standard InChI is InChI=1S/C18H16ClN5O/c1-13-6-7-14(23-17(25)12-19)11-15(13)24(16-5-2-3-8-20-16)18-21-9-4-10-22-18/h2-11H,12H2,1H3,(H,23,25). The summed E-state index contributed by atoms with van der Waals surface area (Å²) in [4.78, 5) is 26.5. The molecule has 0 saturated carbocycles. The number of rotatable bonds is 5. The lowest BCUT2D eigenvalue weighted by Gasteiger charge is -2.24. The van der Waals surface area contributed by atoms with Crippen LogP contribution in [0.3, 0.4) is 0 Å². The second-order valence-electron chi connectivity index (χ2n) is 5.26. The summed E-state index contributed by atoms with van der Waals surface area (Å²) >= 11 is 5.57. The lowest BCUT2D eigenvalue weighted by atomic mass is 10.1. The molecule has 2 heterocycles. The Morgan fingerprint density at radius 1 is 1.08 bits per heavy atom. The average Bonchev–Trinajstić information content (AvgIpc) is 2.66. The number of hydrogen-bond acceptors (Lipinski definition) is 5. The van der Waals surface area contributed by atoms with Crippen LogP contribution in [0.1, 0.15) is 5.56 Å². The molecule has 6 nitrogen and oxygen atoms in total. The normalized spacial score (nSPS) is 10.3. The first-order valence-electron chi connectivity index (χ1n) is 7.63. The van der Waals surface area contributed by atoms with Crippen LogP contribution in [-0.4, -0.2) is 26.7 Å². The topological polar surface area (TPSA) is 71.0 Å². The van der Waals surface area contributed by atoms with Gasteiger partial charge in [0.25, 0.3) is 0 Å². The molecule has 0 aliphatic carbocycles. The molecule has 126 valence electrons. The molecule has 0 unspecified atom stereocenters. The molecule has 0 aliphatic heterocycles. The van der Waals surface area contributed by atoms with Gasteiger partial charge < -0.3 is 5.32 Å². The van der Waals surface area contributed by atoms with Gasteiger partial charge in [-0.1, -0.05) is 12.1 Å². The molecular formula is C18H16ClN5O. The Balaban J connectivity index is 2.10. The van der Waals surface area contributed by atoms with E-state index in [0.717, 1.165) is 11.3 Å². The van der Waals surface area contributed by atoms with Gasteiger partial charge in [-0.25, -0.2) is 15.0 Å². The van der Waals surface area contributed by atoms with Crippen molar-refractivity contribution in [2.75, 3.05) is 16.1 Å². The van der Waals surface area contributed by atoms with Gasteiger partial charge in [0.15, 0.2) is 0 Å². The van der Waals surface area contributed by atoms with Gasteiger partial charge in [-0.15, -0.1) is 11.6 Å². The number of carbonyl (C=O) groups excluding carboxylic acids is 1. The van der Waals surface area contributed by atoms with Crippen LogP contribution in [0.2, 0.25) is 0 Å². The number of hydrogen-bond donors (Lipinski definition) is 1. The molecule has 1 aromatic carbocycles. The van der Waals surface area contributed by atoms with Crippen LogP contribution in [0, 0.1) is 6.92 Å². The van der Waals surface area contributed by atoms with E-state index in [1.807, 2.05) is 48.2 Å². The first-order chi connectivity index (χ1) is 12.2. The summed E-state index contributed by atoms with van der Waals surface area (Å²) in [6, 6.07) is 13.0. The summed E-state index contributed by atoms with van der Waals surface area (Å²) < 4.78 is 0. The van der Waals surface area contributed by atoms with Crippen molar-refractivity contribution < 1.29 is 4.79 Å². The van der Waals surface area contributed by atoms with Crippen molar-refractivity contribution in [3.05, 3.63) is 66.6 Å². The molecule has 7 heteroatoms. The summed E-state index contributed by atoms with van der Waals surface area (Å²) in [5.41, 5.74) is 2.45. The van der Waals surface area contributed by atoms with E-state index in [9.17, 15) is 4.79 Å². The van der Waals surface area contributed by atoms with Gasteiger partial charge in [-0.3, -0.25) is 9.69 Å². The predicted octanol–water partition coefficient (Wildman–Crippen LogP) is 3.83. The zero-order valence-corrected chi connectivity index (χ0v) is 14.3. The van der Waals surface area contributed by atoms with Crippen LogP contribution in [0.4, 0.5) is 23.1 Å². The van der Waals surface area contributed by atoms with Gasteiger partial charge in [0.05, 0.1) is 5.69 Å². The molecule has 0 bridgehead atoms. The lowest BCUT2D eigenvalue weighted by Crippen LogP contribution is -2.17. The zero-order valence-electron chi connectivity index (χ0n) is 13.6. The molecule has 0 radical (unpaired) electrons. The molecule has 25 heavy (non-hydrogen) atoms. The maximum absolute atomic E-state index is 11.6. The first-order valence-corrected chi connectivity index (χ1v) is 8.17. The van der Waals surface area contributed by atoms with Gasteiger partial charge in [0.1, 0.15) is 11.7 Å². The second kappa shape index (κ2) is 7.72. The van der Waals surface area contributed by atoms with E-state index in [2.05, 4.69) is 20.3 Å². The molecule has 0 atom stereocenters. The molecule has 0 fully saturated rings. The van der Waals surface area contributed by atoms with E-state index >= 15 is 0 Å². The Hall–Kier alpha value is -2.99. The van der Waals surface area contributed by atoms with Crippen LogP contribution in [0.5, 0.6) is 0 Å². The summed E-state index contributed by atoms with van der Waals surface area (Å²) in [5.74, 6) is 0.800. The Labute approximate surface area is 150 Å². The highest BCUT2D eigenvalue weighted by atomic mass is 35.5. The molecule has 1 amide bonds. The van der Waals surface area contributed by atoms with Gasteiger partial charge in [0.2, 0.25) is 11.9 Å². The van der Waals surface area contributed by atoms with Crippen LogP contribution in [-0.2, 0) is 4.79 Å². The van der Waals surface area contributed by atoms with E-state index in [1.165, 1.54) is 0 Å². The molecule has 0 aliphatic rings. The van der Waals surface area contributed by atoms with Gasteiger partial charge in [0, 0.05) is 24.3 Å². The molecule has 1 N–H and O–H groups in total. The number of aromatic nitrogens is 3. The highest BCUT2D eigenvalue weighted by Gasteiger charge is 2.18. The molecule has 0 spiro atoms. The number of nitrogens with zero attached hydrogens (tertiary/aromatic N) is 4. The summed E-state index contributed by atoms with van der Waals surface area (Å²) in [7, 11) is 0. The summed E-state index contributed by atoms with van der Waals surface area (Å²) in [5, 5.41) is 2.76. The number of benzene rings is 1. The third-order valence-electron chi connectivity index (χ3n) is 3.49. The average molecular weight is 354 g/mol. The van der Waals surface area contributed by atoms with Crippen molar-refractivity contribution in [2.45, 2.75) is 6.92 Å². The number of carbonyl (C=O) groups is 1. The molecular weight excluding hydrogens is 338 g/mol. The number of pyridine rings is 1. The molecule has 2 aromatic heterocycles. The predicted molar refractivity (Wildman–Crippen MR) is 98.6 cm³/mol. The van der Waals surface area contributed by atoms with E-state index in [1.54, 1.807) is 24.7 Å². The van der Waals surface area contributed by atoms with Crippen LogP contribution in [0.15, 0.2) is 61.1 Å². The lowest BCUT2D eigenvalue weighted by molar-refractivity contribution is -0.113. The SMILES string of the molecule is Cc1ccc(NC(=O)CCl)cc1N(c1ccccn1)c1ncccn1. The number of aryl methyl sites for hydroxylation is 1. The molecule has 3 aromatic rings. The van der Waals surface area contributed by atoms with Crippen molar-refractivity contribution in [3.63, 3.8) is 0 Å². The third-order valence-corrected chi connectivity index (χ3v) is 3.73. The maximum atomic E-state index is 11.6. The molecule has 0 saturated heterocycles. The Morgan fingerprint density at radius 3 is 2.52 bits per heavy atom. The number of alkyl halides is 1. The number of amides is 1. The van der Waals surface area contributed by atoms with Crippen LogP contribution >= 0.6 is 11.6 Å². The minimum atomic E-state index is -0.267. The Bertz CT molecular complexity index is 818. The number of nitrogens with one attached hydrogen (secondary N) is 1. The fourth-order valence-corrected chi connectivity index (χ4v) is 2.42. The van der Waals surface area contributed by atoms with Gasteiger partial charge in [-0.05, 0) is 42.8 Å². The van der Waals surface area contributed by atoms with E-state index < -0.39 is 0 Å². The van der Waals surface area contributed by atoms with Gasteiger partial charge in [-0.2, -0.15) is 0 Å². The Kier molecular flexibility index (Phi) is 5.20. The fourth-order valence-electron chi connectivity index (χ4n) is 2.35. The van der Waals surface area contributed by atoms with Crippen LogP contribution in [0.25, 0.3) is 0 Å².